The smallest absolute Gasteiger partial charge is 0.123 e. The third-order valence-electron chi connectivity index (χ3n) is 12.0. The molecule has 6 nitrogen and oxygen atoms in total. The maximum absolute atomic E-state index is 10.7. The van der Waals surface area contributed by atoms with Crippen molar-refractivity contribution < 1.29 is 20.4 Å². The summed E-state index contributed by atoms with van der Waals surface area (Å²) in [7, 11) is 0. The lowest BCUT2D eigenvalue weighted by Gasteiger charge is -2.44. The Morgan fingerprint density at radius 3 is 1.11 bits per heavy atom. The van der Waals surface area contributed by atoms with Gasteiger partial charge >= 0.3 is 0 Å². The lowest BCUT2D eigenvalue weighted by Crippen LogP contribution is -2.69. The second-order valence-corrected chi connectivity index (χ2v) is 16.7. The van der Waals surface area contributed by atoms with Crippen molar-refractivity contribution in [2.75, 3.05) is 19.8 Å². The highest BCUT2D eigenvalue weighted by Gasteiger charge is 2.42. The first-order valence-electron chi connectivity index (χ1n) is 22.2. The van der Waals surface area contributed by atoms with Crippen LogP contribution in [0.4, 0.5) is 0 Å². The highest BCUT2D eigenvalue weighted by atomic mass is 16.3. The van der Waals surface area contributed by atoms with E-state index in [0.29, 0.717) is 19.3 Å². The predicted octanol–water partition coefficient (Wildman–Crippen LogP) is 10.1. The number of aliphatic hydroxyl groups excluding tert-OH is 4. The number of hydrogen-bond acceptors (Lipinski definition) is 6. The van der Waals surface area contributed by atoms with Gasteiger partial charge in [0, 0.05) is 0 Å². The minimum Gasteiger partial charge on any atom is -0.394 e. The number of aliphatic hydroxyl groups is 4. The summed E-state index contributed by atoms with van der Waals surface area (Å²) in [6.07, 6.45) is 18.3. The summed E-state index contributed by atoms with van der Waals surface area (Å²) in [6, 6.07) is 35.3. The Balaban J connectivity index is 1.22. The summed E-state index contributed by atoms with van der Waals surface area (Å²) in [5.74, 6) is 0. The van der Waals surface area contributed by atoms with E-state index in [4.69, 9.17) is 5.73 Å². The minimum absolute atomic E-state index is 0.335. The summed E-state index contributed by atoms with van der Waals surface area (Å²) in [5, 5.41) is 45.7. The number of rotatable bonds is 29. The lowest BCUT2D eigenvalue weighted by molar-refractivity contribution is -0.0326. The molecule has 57 heavy (non-hydrogen) atoms. The second-order valence-electron chi connectivity index (χ2n) is 16.7. The van der Waals surface area contributed by atoms with Crippen molar-refractivity contribution in [1.82, 2.24) is 5.32 Å². The third-order valence-corrected chi connectivity index (χ3v) is 12.0. The maximum Gasteiger partial charge on any atom is 0.123 e. The quantitative estimate of drug-likeness (QED) is 0.0241. The van der Waals surface area contributed by atoms with Crippen LogP contribution in [0.1, 0.15) is 132 Å². The zero-order chi connectivity index (χ0) is 40.8. The fourth-order valence-corrected chi connectivity index (χ4v) is 8.08. The van der Waals surface area contributed by atoms with Gasteiger partial charge in [-0.2, -0.15) is 0 Å². The minimum atomic E-state index is -1.37. The van der Waals surface area contributed by atoms with E-state index < -0.39 is 23.9 Å². The largest absolute Gasteiger partial charge is 0.394 e. The van der Waals surface area contributed by atoms with Crippen LogP contribution in [0.25, 0.3) is 22.3 Å². The van der Waals surface area contributed by atoms with Crippen molar-refractivity contribution in [1.29, 1.82) is 0 Å². The summed E-state index contributed by atoms with van der Waals surface area (Å²) in [4.78, 5) is 0. The first-order chi connectivity index (χ1) is 27.8. The Bertz CT molecular complexity index is 1630. The first-order valence-corrected chi connectivity index (χ1v) is 22.2. The molecule has 7 N–H and O–H groups in total. The van der Waals surface area contributed by atoms with Crippen molar-refractivity contribution in [3.63, 3.8) is 0 Å². The molecule has 2 unspecified atom stereocenters. The standard InChI is InChI=1S/C51H74N2O4/c1-3-5-7-8-9-11-17-42-22-30-46(31-23-42)47-32-24-43(25-33-47)18-12-14-36-50(38-54,39-55)53-51(40-56,49(52)57)37-15-13-19-44-26-34-48(35-27-44)45-28-20-41(21-29-45)16-10-6-4-2/h20-35,49,53-57H,3-19,36-40,52H2,1-2H3. The highest BCUT2D eigenvalue weighted by Crippen LogP contribution is 2.27. The molecule has 0 aliphatic carbocycles. The SMILES string of the molecule is CCCCCCCCc1ccc(-c2ccc(CCCCC(CO)(CO)NC(CO)(CCCCc3ccc(-c4ccc(CCCCC)cc4)cc3)C(N)O)cc2)cc1. The molecule has 4 aromatic carbocycles. The number of unbranched alkanes of at least 4 members (excludes halogenated alkanes) is 9. The van der Waals surface area contributed by atoms with Crippen LogP contribution in [0, 0.1) is 0 Å². The molecule has 2 atom stereocenters. The van der Waals surface area contributed by atoms with E-state index in [1.807, 2.05) is 0 Å². The van der Waals surface area contributed by atoms with Gasteiger partial charge < -0.3 is 26.2 Å². The number of nitrogens with two attached hydrogens (primary N) is 1. The number of benzene rings is 4. The summed E-state index contributed by atoms with van der Waals surface area (Å²) in [6.45, 7) is 3.41. The van der Waals surface area contributed by atoms with Gasteiger partial charge in [0.15, 0.2) is 0 Å². The molecule has 0 spiro atoms. The molecule has 0 amide bonds. The zero-order valence-electron chi connectivity index (χ0n) is 35.2. The van der Waals surface area contributed by atoms with Crippen molar-refractivity contribution >= 4 is 0 Å². The molecule has 0 saturated carbocycles. The van der Waals surface area contributed by atoms with Crippen LogP contribution in [-0.4, -0.2) is 57.6 Å². The van der Waals surface area contributed by atoms with Gasteiger partial charge in [-0.15, -0.1) is 0 Å². The van der Waals surface area contributed by atoms with E-state index in [2.05, 4.69) is 116 Å². The summed E-state index contributed by atoms with van der Waals surface area (Å²) in [5.41, 5.74) is 13.9. The van der Waals surface area contributed by atoms with Crippen LogP contribution in [0.15, 0.2) is 97.1 Å². The molecule has 312 valence electrons. The van der Waals surface area contributed by atoms with Gasteiger partial charge in [0.2, 0.25) is 0 Å². The molecular weight excluding hydrogens is 705 g/mol. The molecule has 0 fully saturated rings. The van der Waals surface area contributed by atoms with E-state index >= 15 is 0 Å². The predicted molar refractivity (Wildman–Crippen MR) is 239 cm³/mol. The summed E-state index contributed by atoms with van der Waals surface area (Å²) < 4.78 is 0. The van der Waals surface area contributed by atoms with Crippen molar-refractivity contribution in [3.8, 4) is 22.3 Å². The third kappa shape index (κ3) is 15.1. The number of hydrogen-bond donors (Lipinski definition) is 6. The van der Waals surface area contributed by atoms with Gasteiger partial charge in [-0.25, -0.2) is 0 Å². The van der Waals surface area contributed by atoms with Gasteiger partial charge in [0.1, 0.15) is 6.23 Å². The van der Waals surface area contributed by atoms with Gasteiger partial charge in [-0.05, 0) is 109 Å². The summed E-state index contributed by atoms with van der Waals surface area (Å²) >= 11 is 0. The van der Waals surface area contributed by atoms with Crippen molar-refractivity contribution in [2.24, 2.45) is 5.73 Å². The topological polar surface area (TPSA) is 119 Å². The van der Waals surface area contributed by atoms with Crippen LogP contribution in [0.3, 0.4) is 0 Å². The number of aryl methyl sites for hydroxylation is 4. The lowest BCUT2D eigenvalue weighted by atomic mass is 9.84. The van der Waals surface area contributed by atoms with Crippen molar-refractivity contribution in [3.05, 3.63) is 119 Å². The molecule has 6 heteroatoms. The Labute approximate surface area is 345 Å². The van der Waals surface area contributed by atoms with Crippen molar-refractivity contribution in [2.45, 2.75) is 153 Å². The monoisotopic (exact) mass is 779 g/mol. The van der Waals surface area contributed by atoms with Crippen LogP contribution < -0.4 is 11.1 Å². The molecule has 0 aliphatic rings. The zero-order valence-corrected chi connectivity index (χ0v) is 35.2. The van der Waals surface area contributed by atoms with Crippen LogP contribution in [0.2, 0.25) is 0 Å². The second kappa shape index (κ2) is 25.2. The Hall–Kier alpha value is -3.36. The van der Waals surface area contributed by atoms with E-state index in [1.165, 1.54) is 102 Å². The van der Waals surface area contributed by atoms with Gasteiger partial charge in [0.05, 0.1) is 30.9 Å². The Kier molecular flexibility index (Phi) is 20.5. The average molecular weight is 779 g/mol. The van der Waals surface area contributed by atoms with Gasteiger partial charge in [-0.1, -0.05) is 169 Å². The molecule has 4 aromatic rings. The van der Waals surface area contributed by atoms with Crippen LogP contribution in [-0.2, 0) is 25.7 Å². The molecule has 4 rings (SSSR count). The molecule has 0 aliphatic heterocycles. The molecule has 0 saturated heterocycles. The fraction of sp³-hybridized carbons (Fsp3) is 0.529. The highest BCUT2D eigenvalue weighted by molar-refractivity contribution is 5.64. The molecule has 0 radical (unpaired) electrons. The van der Waals surface area contributed by atoms with E-state index in [1.54, 1.807) is 0 Å². The molecule has 0 heterocycles. The van der Waals surface area contributed by atoms with Gasteiger partial charge in [0.25, 0.3) is 0 Å². The van der Waals surface area contributed by atoms with Crippen LogP contribution in [0.5, 0.6) is 0 Å². The maximum atomic E-state index is 10.7. The van der Waals surface area contributed by atoms with E-state index in [0.717, 1.165) is 44.9 Å². The molecular formula is C51H74N2O4. The first kappa shape index (κ1) is 46.3. The van der Waals surface area contributed by atoms with E-state index in [-0.39, 0.29) is 13.2 Å². The normalized spacial score (nSPS) is 13.5. The number of nitrogens with one attached hydrogen (secondary N) is 1. The fourth-order valence-electron chi connectivity index (χ4n) is 8.08. The van der Waals surface area contributed by atoms with Gasteiger partial charge in [-0.3, -0.25) is 5.32 Å². The molecule has 0 aromatic heterocycles. The van der Waals surface area contributed by atoms with Crippen LogP contribution >= 0.6 is 0 Å². The Morgan fingerprint density at radius 2 is 0.754 bits per heavy atom. The Morgan fingerprint density at radius 1 is 0.439 bits per heavy atom. The van der Waals surface area contributed by atoms with E-state index in [9.17, 15) is 20.4 Å². The molecule has 0 bridgehead atoms. The average Bonchev–Trinajstić information content (AvgIpc) is 3.25.